The number of fused-ring (bicyclic) bond motifs is 1. The van der Waals surface area contributed by atoms with E-state index in [0.717, 1.165) is 27.3 Å². The Morgan fingerprint density at radius 1 is 1.12 bits per heavy atom. The SMILES string of the molecule is CCCC(=O)N(Cc1ccccc1)c1nc2c(C(C)C)cccc2s1. The van der Waals surface area contributed by atoms with E-state index in [4.69, 9.17) is 4.98 Å². The fourth-order valence-electron chi connectivity index (χ4n) is 2.92. The van der Waals surface area contributed by atoms with E-state index in [9.17, 15) is 4.79 Å². The van der Waals surface area contributed by atoms with Gasteiger partial charge in [0.25, 0.3) is 0 Å². The van der Waals surface area contributed by atoms with E-state index in [1.54, 1.807) is 11.3 Å². The summed E-state index contributed by atoms with van der Waals surface area (Å²) in [6.07, 6.45) is 1.38. The molecule has 1 aromatic heterocycles. The molecule has 1 amide bonds. The van der Waals surface area contributed by atoms with Crippen LogP contribution < -0.4 is 4.90 Å². The van der Waals surface area contributed by atoms with Crippen molar-refractivity contribution in [2.75, 3.05) is 4.90 Å². The van der Waals surface area contributed by atoms with Crippen molar-refractivity contribution in [2.24, 2.45) is 0 Å². The van der Waals surface area contributed by atoms with Crippen LogP contribution >= 0.6 is 11.3 Å². The van der Waals surface area contributed by atoms with Crippen molar-refractivity contribution >= 4 is 32.6 Å². The zero-order valence-corrected chi connectivity index (χ0v) is 15.8. The van der Waals surface area contributed by atoms with Gasteiger partial charge in [0.05, 0.1) is 16.8 Å². The highest BCUT2D eigenvalue weighted by Crippen LogP contribution is 2.34. The third-order valence-corrected chi connectivity index (χ3v) is 5.28. The Morgan fingerprint density at radius 2 is 1.88 bits per heavy atom. The Hall–Kier alpha value is -2.20. The zero-order valence-electron chi connectivity index (χ0n) is 15.0. The zero-order chi connectivity index (χ0) is 17.8. The molecule has 0 bridgehead atoms. The van der Waals surface area contributed by atoms with Crippen LogP contribution in [0, 0.1) is 0 Å². The Kier molecular flexibility index (Phi) is 5.49. The first-order valence-corrected chi connectivity index (χ1v) is 9.65. The summed E-state index contributed by atoms with van der Waals surface area (Å²) in [5.74, 6) is 0.545. The minimum atomic E-state index is 0.136. The van der Waals surface area contributed by atoms with E-state index in [1.165, 1.54) is 5.56 Å². The summed E-state index contributed by atoms with van der Waals surface area (Å²) in [5, 5.41) is 0.797. The molecule has 0 radical (unpaired) electrons. The van der Waals surface area contributed by atoms with Gasteiger partial charge < -0.3 is 0 Å². The maximum Gasteiger partial charge on any atom is 0.229 e. The van der Waals surface area contributed by atoms with E-state index in [2.05, 4.69) is 44.2 Å². The molecular formula is C21H24N2OS. The van der Waals surface area contributed by atoms with Crippen LogP contribution in [0.25, 0.3) is 10.2 Å². The van der Waals surface area contributed by atoms with Crippen molar-refractivity contribution < 1.29 is 4.79 Å². The number of aromatic nitrogens is 1. The number of para-hydroxylation sites is 1. The van der Waals surface area contributed by atoms with Crippen LogP contribution in [0.3, 0.4) is 0 Å². The van der Waals surface area contributed by atoms with Crippen LogP contribution in [0.15, 0.2) is 48.5 Å². The van der Waals surface area contributed by atoms with Gasteiger partial charge in [0.15, 0.2) is 5.13 Å². The summed E-state index contributed by atoms with van der Waals surface area (Å²) in [5.41, 5.74) is 3.39. The third-order valence-electron chi connectivity index (χ3n) is 4.24. The van der Waals surface area contributed by atoms with Crippen molar-refractivity contribution in [3.8, 4) is 0 Å². The summed E-state index contributed by atoms with van der Waals surface area (Å²) >= 11 is 1.60. The molecule has 0 atom stereocenters. The lowest BCUT2D eigenvalue weighted by atomic mass is 10.0. The van der Waals surface area contributed by atoms with Crippen LogP contribution in [-0.2, 0) is 11.3 Å². The predicted octanol–water partition coefficient (Wildman–Crippen LogP) is 5.75. The topological polar surface area (TPSA) is 33.2 Å². The van der Waals surface area contributed by atoms with E-state index < -0.39 is 0 Å². The summed E-state index contributed by atoms with van der Waals surface area (Å²) < 4.78 is 1.14. The molecule has 4 heteroatoms. The first kappa shape index (κ1) is 17.6. The Morgan fingerprint density at radius 3 is 2.56 bits per heavy atom. The largest absolute Gasteiger partial charge is 0.284 e. The highest BCUT2D eigenvalue weighted by molar-refractivity contribution is 7.22. The molecule has 0 aliphatic carbocycles. The Labute approximate surface area is 153 Å². The number of thiazole rings is 1. The van der Waals surface area contributed by atoms with Crippen LogP contribution in [0.1, 0.15) is 50.7 Å². The van der Waals surface area contributed by atoms with Gasteiger partial charge in [-0.05, 0) is 29.5 Å². The summed E-state index contributed by atoms with van der Waals surface area (Å²) in [6, 6.07) is 16.4. The fraction of sp³-hybridized carbons (Fsp3) is 0.333. The second-order valence-electron chi connectivity index (χ2n) is 6.56. The van der Waals surface area contributed by atoms with E-state index >= 15 is 0 Å². The lowest BCUT2D eigenvalue weighted by Crippen LogP contribution is -2.29. The molecule has 1 heterocycles. The summed E-state index contributed by atoms with van der Waals surface area (Å²) in [4.78, 5) is 19.4. The van der Waals surface area contributed by atoms with Crippen LogP contribution in [0.2, 0.25) is 0 Å². The number of hydrogen-bond acceptors (Lipinski definition) is 3. The smallest absolute Gasteiger partial charge is 0.229 e. The second-order valence-corrected chi connectivity index (χ2v) is 7.57. The van der Waals surface area contributed by atoms with Crippen LogP contribution in [-0.4, -0.2) is 10.9 Å². The lowest BCUT2D eigenvalue weighted by molar-refractivity contribution is -0.118. The number of carbonyl (C=O) groups is 1. The molecule has 25 heavy (non-hydrogen) atoms. The molecule has 3 rings (SSSR count). The molecule has 0 spiro atoms. The molecule has 0 unspecified atom stereocenters. The molecule has 3 nitrogen and oxygen atoms in total. The Bertz CT molecular complexity index is 855. The molecule has 0 saturated carbocycles. The van der Waals surface area contributed by atoms with Crippen LogP contribution in [0.5, 0.6) is 0 Å². The van der Waals surface area contributed by atoms with Gasteiger partial charge in [-0.2, -0.15) is 0 Å². The number of benzene rings is 2. The number of nitrogens with zero attached hydrogens (tertiary/aromatic N) is 2. The molecule has 0 aliphatic rings. The molecular weight excluding hydrogens is 328 g/mol. The van der Waals surface area contributed by atoms with Gasteiger partial charge in [0.1, 0.15) is 0 Å². The predicted molar refractivity (Wildman–Crippen MR) is 106 cm³/mol. The van der Waals surface area contributed by atoms with Crippen molar-refractivity contribution in [3.63, 3.8) is 0 Å². The number of hydrogen-bond donors (Lipinski definition) is 0. The minimum Gasteiger partial charge on any atom is -0.284 e. The number of carbonyl (C=O) groups excluding carboxylic acids is 1. The highest BCUT2D eigenvalue weighted by Gasteiger charge is 2.20. The molecule has 0 aliphatic heterocycles. The standard InChI is InChI=1S/C21H24N2OS/c1-4-9-19(24)23(14-16-10-6-5-7-11-16)21-22-20-17(15(2)3)12-8-13-18(20)25-21/h5-8,10-13,15H,4,9,14H2,1-3H3. The summed E-state index contributed by atoms with van der Waals surface area (Å²) in [6.45, 7) is 6.96. The first-order valence-electron chi connectivity index (χ1n) is 8.84. The van der Waals surface area contributed by atoms with E-state index in [0.29, 0.717) is 18.9 Å². The van der Waals surface area contributed by atoms with Gasteiger partial charge in [0, 0.05) is 6.42 Å². The van der Waals surface area contributed by atoms with Gasteiger partial charge in [-0.1, -0.05) is 74.6 Å². The van der Waals surface area contributed by atoms with Gasteiger partial charge in [-0.3, -0.25) is 9.69 Å². The average Bonchev–Trinajstić information content (AvgIpc) is 3.04. The van der Waals surface area contributed by atoms with Gasteiger partial charge in [-0.15, -0.1) is 0 Å². The number of amides is 1. The third kappa shape index (κ3) is 3.90. The molecule has 3 aromatic rings. The number of anilines is 1. The maximum absolute atomic E-state index is 12.7. The highest BCUT2D eigenvalue weighted by atomic mass is 32.1. The lowest BCUT2D eigenvalue weighted by Gasteiger charge is -2.19. The van der Waals surface area contributed by atoms with Crippen LogP contribution in [0.4, 0.5) is 5.13 Å². The fourth-order valence-corrected chi connectivity index (χ4v) is 3.93. The van der Waals surface area contributed by atoms with Gasteiger partial charge >= 0.3 is 0 Å². The quantitative estimate of drug-likeness (QED) is 0.565. The van der Waals surface area contributed by atoms with E-state index in [-0.39, 0.29) is 5.91 Å². The second kappa shape index (κ2) is 7.79. The average molecular weight is 353 g/mol. The minimum absolute atomic E-state index is 0.136. The monoisotopic (exact) mass is 352 g/mol. The van der Waals surface area contributed by atoms with Gasteiger partial charge in [-0.25, -0.2) is 4.98 Å². The van der Waals surface area contributed by atoms with Crippen molar-refractivity contribution in [1.82, 2.24) is 4.98 Å². The molecule has 2 aromatic carbocycles. The summed E-state index contributed by atoms with van der Waals surface area (Å²) in [7, 11) is 0. The van der Waals surface area contributed by atoms with E-state index in [1.807, 2.05) is 30.0 Å². The Balaban J connectivity index is 2.02. The number of rotatable bonds is 6. The normalized spacial score (nSPS) is 11.2. The molecule has 130 valence electrons. The van der Waals surface area contributed by atoms with Crippen molar-refractivity contribution in [2.45, 2.75) is 46.1 Å². The first-order chi connectivity index (χ1) is 12.1. The van der Waals surface area contributed by atoms with Crippen molar-refractivity contribution in [3.05, 3.63) is 59.7 Å². The molecule has 0 fully saturated rings. The molecule has 0 N–H and O–H groups in total. The van der Waals surface area contributed by atoms with Gasteiger partial charge in [0.2, 0.25) is 5.91 Å². The molecule has 0 saturated heterocycles. The maximum atomic E-state index is 12.7. The van der Waals surface area contributed by atoms with Crippen molar-refractivity contribution in [1.29, 1.82) is 0 Å².